The molecule has 5 heteroatoms. The van der Waals surface area contributed by atoms with E-state index in [4.69, 9.17) is 0 Å². The Morgan fingerprint density at radius 2 is 2.19 bits per heavy atom. The molecule has 1 unspecified atom stereocenters. The van der Waals surface area contributed by atoms with Crippen molar-refractivity contribution < 1.29 is 4.39 Å². The van der Waals surface area contributed by atoms with Crippen molar-refractivity contribution in [3.8, 4) is 0 Å². The number of nitrogens with zero attached hydrogens (tertiary/aromatic N) is 2. The van der Waals surface area contributed by atoms with Gasteiger partial charge in [0.25, 0.3) is 0 Å². The van der Waals surface area contributed by atoms with Gasteiger partial charge in [0, 0.05) is 23.5 Å². The first-order valence-electron chi connectivity index (χ1n) is 7.23. The summed E-state index contributed by atoms with van der Waals surface area (Å²) in [5, 5.41) is 8.72. The molecule has 0 aliphatic heterocycles. The number of aryl methyl sites for hydroxylation is 2. The number of hydrogen-bond donors (Lipinski definition) is 1. The van der Waals surface area contributed by atoms with Crippen LogP contribution < -0.4 is 5.32 Å². The molecule has 0 fully saturated rings. The van der Waals surface area contributed by atoms with Crippen LogP contribution >= 0.6 is 11.8 Å². The number of benzene rings is 1. The molecule has 2 rings (SSSR count). The normalized spacial score (nSPS) is 12.6. The lowest BCUT2D eigenvalue weighted by Gasteiger charge is -2.18. The molecule has 0 bridgehead atoms. The summed E-state index contributed by atoms with van der Waals surface area (Å²) in [6.07, 6.45) is 1.03. The summed E-state index contributed by atoms with van der Waals surface area (Å²) in [6.45, 7) is 6.95. The molecular formula is C16H22FN3S. The van der Waals surface area contributed by atoms with Crippen LogP contribution in [0, 0.1) is 12.7 Å². The second-order valence-electron chi connectivity index (χ2n) is 5.18. The van der Waals surface area contributed by atoms with Crippen molar-refractivity contribution in [2.24, 2.45) is 7.05 Å². The van der Waals surface area contributed by atoms with E-state index in [-0.39, 0.29) is 11.9 Å². The highest BCUT2D eigenvalue weighted by Crippen LogP contribution is 2.34. The SMILES string of the molecule is CCCNC(C)c1c(F)cccc1Sc1cc(C)nn1C. The molecule has 1 N–H and O–H groups in total. The molecule has 1 aromatic heterocycles. The van der Waals surface area contributed by atoms with Crippen LogP contribution in [0.4, 0.5) is 4.39 Å². The highest BCUT2D eigenvalue weighted by Gasteiger charge is 2.17. The number of aromatic nitrogens is 2. The molecule has 1 aromatic carbocycles. The quantitative estimate of drug-likeness (QED) is 0.872. The lowest BCUT2D eigenvalue weighted by atomic mass is 10.1. The molecule has 1 atom stereocenters. The number of rotatable bonds is 6. The van der Waals surface area contributed by atoms with Gasteiger partial charge < -0.3 is 5.32 Å². The van der Waals surface area contributed by atoms with E-state index < -0.39 is 0 Å². The van der Waals surface area contributed by atoms with Crippen molar-refractivity contribution in [2.45, 2.75) is 43.2 Å². The van der Waals surface area contributed by atoms with E-state index in [1.165, 1.54) is 6.07 Å². The van der Waals surface area contributed by atoms with Gasteiger partial charge in [0.15, 0.2) is 0 Å². The van der Waals surface area contributed by atoms with Gasteiger partial charge in [-0.15, -0.1) is 0 Å². The summed E-state index contributed by atoms with van der Waals surface area (Å²) < 4.78 is 16.1. The predicted molar refractivity (Wildman–Crippen MR) is 85.2 cm³/mol. The largest absolute Gasteiger partial charge is 0.310 e. The van der Waals surface area contributed by atoms with E-state index in [1.807, 2.05) is 37.7 Å². The van der Waals surface area contributed by atoms with Crippen LogP contribution in [0.25, 0.3) is 0 Å². The Labute approximate surface area is 129 Å². The van der Waals surface area contributed by atoms with Crippen molar-refractivity contribution in [2.75, 3.05) is 6.54 Å². The minimum absolute atomic E-state index is 0.0111. The molecule has 114 valence electrons. The summed E-state index contributed by atoms with van der Waals surface area (Å²) in [5.74, 6) is -0.157. The first-order chi connectivity index (χ1) is 10.0. The van der Waals surface area contributed by atoms with Gasteiger partial charge in [0.2, 0.25) is 0 Å². The Morgan fingerprint density at radius 1 is 1.43 bits per heavy atom. The van der Waals surface area contributed by atoms with Crippen LogP contribution in [0.1, 0.15) is 37.6 Å². The monoisotopic (exact) mass is 307 g/mol. The summed E-state index contributed by atoms with van der Waals surface area (Å²) in [6, 6.07) is 7.26. The van der Waals surface area contributed by atoms with Crippen LogP contribution in [0.15, 0.2) is 34.2 Å². The maximum atomic E-state index is 14.3. The highest BCUT2D eigenvalue weighted by atomic mass is 32.2. The van der Waals surface area contributed by atoms with E-state index >= 15 is 0 Å². The Hall–Kier alpha value is -1.33. The Morgan fingerprint density at radius 3 is 2.81 bits per heavy atom. The molecule has 0 spiro atoms. The molecule has 0 radical (unpaired) electrons. The summed E-state index contributed by atoms with van der Waals surface area (Å²) in [5.41, 5.74) is 1.70. The minimum atomic E-state index is -0.157. The lowest BCUT2D eigenvalue weighted by molar-refractivity contribution is 0.518. The van der Waals surface area contributed by atoms with Crippen LogP contribution in [0.2, 0.25) is 0 Å². The lowest BCUT2D eigenvalue weighted by Crippen LogP contribution is -2.21. The fourth-order valence-corrected chi connectivity index (χ4v) is 3.44. The van der Waals surface area contributed by atoms with Crippen LogP contribution in [0.5, 0.6) is 0 Å². The van der Waals surface area contributed by atoms with Gasteiger partial charge in [-0.25, -0.2) is 4.39 Å². The second kappa shape index (κ2) is 7.09. The fourth-order valence-electron chi connectivity index (χ4n) is 2.28. The first kappa shape index (κ1) is 16.0. The molecule has 0 aliphatic rings. The number of hydrogen-bond acceptors (Lipinski definition) is 3. The van der Waals surface area contributed by atoms with Gasteiger partial charge in [-0.1, -0.05) is 24.8 Å². The average Bonchev–Trinajstić information content (AvgIpc) is 2.74. The molecular weight excluding hydrogens is 285 g/mol. The van der Waals surface area contributed by atoms with E-state index in [1.54, 1.807) is 17.8 Å². The number of halogens is 1. The van der Waals surface area contributed by atoms with Gasteiger partial charge in [0.05, 0.1) is 10.7 Å². The zero-order valence-electron chi connectivity index (χ0n) is 13.0. The highest BCUT2D eigenvalue weighted by molar-refractivity contribution is 7.99. The van der Waals surface area contributed by atoms with Crippen molar-refractivity contribution in [1.82, 2.24) is 15.1 Å². The topological polar surface area (TPSA) is 29.9 Å². The van der Waals surface area contributed by atoms with Crippen molar-refractivity contribution in [3.05, 3.63) is 41.3 Å². The van der Waals surface area contributed by atoms with Gasteiger partial charge in [-0.05, 0) is 45.0 Å². The first-order valence-corrected chi connectivity index (χ1v) is 8.04. The fraction of sp³-hybridized carbons (Fsp3) is 0.438. The van der Waals surface area contributed by atoms with Crippen molar-refractivity contribution >= 4 is 11.8 Å². The van der Waals surface area contributed by atoms with Gasteiger partial charge >= 0.3 is 0 Å². The summed E-state index contributed by atoms with van der Waals surface area (Å²) >= 11 is 1.56. The molecule has 0 amide bonds. The molecule has 0 aliphatic carbocycles. The van der Waals surface area contributed by atoms with Crippen molar-refractivity contribution in [1.29, 1.82) is 0 Å². The maximum Gasteiger partial charge on any atom is 0.129 e. The smallest absolute Gasteiger partial charge is 0.129 e. The average molecular weight is 307 g/mol. The molecule has 2 aromatic rings. The molecule has 21 heavy (non-hydrogen) atoms. The van der Waals surface area contributed by atoms with Crippen LogP contribution in [0.3, 0.4) is 0 Å². The minimum Gasteiger partial charge on any atom is -0.310 e. The van der Waals surface area contributed by atoms with E-state index in [2.05, 4.69) is 17.3 Å². The summed E-state index contributed by atoms with van der Waals surface area (Å²) in [7, 11) is 1.91. The Balaban J connectivity index is 2.31. The van der Waals surface area contributed by atoms with E-state index in [9.17, 15) is 4.39 Å². The van der Waals surface area contributed by atoms with Crippen molar-refractivity contribution in [3.63, 3.8) is 0 Å². The zero-order chi connectivity index (χ0) is 15.4. The van der Waals surface area contributed by atoms with E-state index in [0.717, 1.165) is 34.1 Å². The third kappa shape index (κ3) is 3.86. The third-order valence-electron chi connectivity index (χ3n) is 3.32. The van der Waals surface area contributed by atoms with Crippen LogP contribution in [-0.2, 0) is 7.05 Å². The van der Waals surface area contributed by atoms with Gasteiger partial charge in [-0.2, -0.15) is 5.10 Å². The molecule has 3 nitrogen and oxygen atoms in total. The second-order valence-corrected chi connectivity index (χ2v) is 6.24. The maximum absolute atomic E-state index is 14.3. The molecule has 1 heterocycles. The standard InChI is InChI=1S/C16H22FN3S/c1-5-9-18-12(3)16-13(17)7-6-8-14(16)21-15-10-11(2)19-20(15)4/h6-8,10,12,18H,5,9H2,1-4H3. The van der Waals surface area contributed by atoms with Crippen LogP contribution in [-0.4, -0.2) is 16.3 Å². The van der Waals surface area contributed by atoms with E-state index in [0.29, 0.717) is 0 Å². The summed E-state index contributed by atoms with van der Waals surface area (Å²) in [4.78, 5) is 0.939. The predicted octanol–water partition coefficient (Wildman–Crippen LogP) is 4.08. The van der Waals surface area contributed by atoms with Gasteiger partial charge in [-0.3, -0.25) is 4.68 Å². The number of nitrogens with one attached hydrogen (secondary N) is 1. The third-order valence-corrected chi connectivity index (χ3v) is 4.49. The Kier molecular flexibility index (Phi) is 5.42. The Bertz CT molecular complexity index is 610. The molecule has 0 saturated carbocycles. The molecule has 0 saturated heterocycles. The zero-order valence-corrected chi connectivity index (χ0v) is 13.8. The van der Waals surface area contributed by atoms with Gasteiger partial charge in [0.1, 0.15) is 5.82 Å².